The first-order chi connectivity index (χ1) is 11.3. The highest BCUT2D eigenvalue weighted by atomic mass is 79.9. The lowest BCUT2D eigenvalue weighted by Gasteiger charge is -2.27. The number of carbonyl (C=O) groups is 1. The Morgan fingerprint density at radius 1 is 1.38 bits per heavy atom. The number of ether oxygens (including phenoxy) is 1. The topological polar surface area (TPSA) is 58.2 Å². The molecule has 0 aliphatic carbocycles. The van der Waals surface area contributed by atoms with Gasteiger partial charge in [0, 0.05) is 16.6 Å². The molecule has 1 atom stereocenters. The highest BCUT2D eigenvalue weighted by Gasteiger charge is 2.34. The van der Waals surface area contributed by atoms with Crippen molar-refractivity contribution in [2.75, 3.05) is 6.54 Å². The van der Waals surface area contributed by atoms with E-state index in [2.05, 4.69) is 25.9 Å². The number of imidazole rings is 1. The summed E-state index contributed by atoms with van der Waals surface area (Å²) in [5.41, 5.74) is 1.50. The molecule has 0 bridgehead atoms. The lowest BCUT2D eigenvalue weighted by molar-refractivity contribution is 0.0219. The van der Waals surface area contributed by atoms with Crippen LogP contribution in [0, 0.1) is 0 Å². The van der Waals surface area contributed by atoms with E-state index in [9.17, 15) is 4.79 Å². The zero-order chi connectivity index (χ0) is 17.3. The number of aromatic amines is 1. The summed E-state index contributed by atoms with van der Waals surface area (Å²) < 4.78 is 6.53. The Kier molecular flexibility index (Phi) is 4.67. The molecule has 128 valence electrons. The van der Waals surface area contributed by atoms with Crippen LogP contribution in [0.1, 0.15) is 45.5 Å². The van der Waals surface area contributed by atoms with Gasteiger partial charge in [-0.2, -0.15) is 0 Å². The number of carbonyl (C=O) groups excluding carboxylic acids is 1. The number of amides is 1. The van der Waals surface area contributed by atoms with E-state index in [-0.39, 0.29) is 12.1 Å². The molecule has 24 heavy (non-hydrogen) atoms. The van der Waals surface area contributed by atoms with Gasteiger partial charge in [0.15, 0.2) is 0 Å². The summed E-state index contributed by atoms with van der Waals surface area (Å²) in [5, 5.41) is 0. The Hall–Kier alpha value is -1.82. The fourth-order valence-corrected chi connectivity index (χ4v) is 3.41. The summed E-state index contributed by atoms with van der Waals surface area (Å²) in [4.78, 5) is 22.1. The van der Waals surface area contributed by atoms with Gasteiger partial charge in [0.05, 0.1) is 17.9 Å². The Balaban J connectivity index is 1.81. The fourth-order valence-electron chi connectivity index (χ4n) is 2.91. The molecule has 1 amide bonds. The Labute approximate surface area is 150 Å². The van der Waals surface area contributed by atoms with Gasteiger partial charge in [-0.05, 0) is 39.7 Å². The summed E-state index contributed by atoms with van der Waals surface area (Å²) in [6.45, 7) is 6.35. The molecule has 1 saturated heterocycles. The summed E-state index contributed by atoms with van der Waals surface area (Å²) in [6, 6.07) is 7.94. The minimum absolute atomic E-state index is 0.0592. The predicted molar refractivity (Wildman–Crippen MR) is 96.6 cm³/mol. The number of hydrogen-bond donors (Lipinski definition) is 1. The van der Waals surface area contributed by atoms with Crippen molar-refractivity contribution >= 4 is 22.0 Å². The molecule has 2 heterocycles. The second-order valence-electron chi connectivity index (χ2n) is 6.99. The summed E-state index contributed by atoms with van der Waals surface area (Å²) >= 11 is 3.56. The third kappa shape index (κ3) is 3.64. The third-order valence-corrected chi connectivity index (χ3v) is 4.65. The first-order valence-electron chi connectivity index (χ1n) is 8.14. The monoisotopic (exact) mass is 391 g/mol. The number of likely N-dealkylation sites (tertiary alicyclic amines) is 1. The van der Waals surface area contributed by atoms with Crippen molar-refractivity contribution in [1.29, 1.82) is 0 Å². The normalized spacial score (nSPS) is 18.0. The number of benzene rings is 1. The highest BCUT2D eigenvalue weighted by molar-refractivity contribution is 9.10. The number of halogens is 1. The van der Waals surface area contributed by atoms with Crippen LogP contribution in [0.4, 0.5) is 4.79 Å². The van der Waals surface area contributed by atoms with Crippen molar-refractivity contribution in [2.24, 2.45) is 0 Å². The molecule has 2 aromatic rings. The number of nitrogens with one attached hydrogen (secondary N) is 1. The first-order valence-corrected chi connectivity index (χ1v) is 8.94. The maximum absolute atomic E-state index is 12.4. The fraction of sp³-hybridized carbons (Fsp3) is 0.444. The van der Waals surface area contributed by atoms with Crippen LogP contribution in [0.5, 0.6) is 0 Å². The van der Waals surface area contributed by atoms with E-state index < -0.39 is 5.60 Å². The molecule has 0 radical (unpaired) electrons. The van der Waals surface area contributed by atoms with E-state index >= 15 is 0 Å². The SMILES string of the molecule is CC(C)(C)OC(=O)N1CCCC1c1ncc(-c2ccccc2Br)[nH]1. The lowest BCUT2D eigenvalue weighted by Crippen LogP contribution is -2.36. The minimum atomic E-state index is -0.493. The van der Waals surface area contributed by atoms with Gasteiger partial charge >= 0.3 is 6.09 Å². The van der Waals surface area contributed by atoms with Crippen LogP contribution in [0.25, 0.3) is 11.3 Å². The van der Waals surface area contributed by atoms with E-state index in [1.54, 1.807) is 4.90 Å². The second kappa shape index (κ2) is 6.59. The zero-order valence-electron chi connectivity index (χ0n) is 14.2. The minimum Gasteiger partial charge on any atom is -0.444 e. The molecule has 1 unspecified atom stereocenters. The number of hydrogen-bond acceptors (Lipinski definition) is 3. The molecule has 5 nitrogen and oxygen atoms in total. The van der Waals surface area contributed by atoms with Crippen molar-refractivity contribution in [3.05, 3.63) is 40.8 Å². The van der Waals surface area contributed by atoms with Gasteiger partial charge in [-0.15, -0.1) is 0 Å². The van der Waals surface area contributed by atoms with Crippen molar-refractivity contribution in [2.45, 2.75) is 45.3 Å². The molecule has 0 spiro atoms. The summed E-state index contributed by atoms with van der Waals surface area (Å²) in [6.07, 6.45) is 3.39. The number of aromatic nitrogens is 2. The number of H-pyrrole nitrogens is 1. The average Bonchev–Trinajstić information content (AvgIpc) is 3.14. The molecule has 1 fully saturated rings. The Bertz CT molecular complexity index is 736. The number of rotatable bonds is 2. The van der Waals surface area contributed by atoms with Crippen molar-refractivity contribution in [1.82, 2.24) is 14.9 Å². The van der Waals surface area contributed by atoms with Gasteiger partial charge < -0.3 is 9.72 Å². The van der Waals surface area contributed by atoms with Gasteiger partial charge in [0.1, 0.15) is 11.4 Å². The predicted octanol–water partition coefficient (Wildman–Crippen LogP) is 4.91. The molecule has 0 saturated carbocycles. The van der Waals surface area contributed by atoms with Crippen LogP contribution in [0.15, 0.2) is 34.9 Å². The standard InChI is InChI=1S/C18H22BrN3O2/c1-18(2,3)24-17(23)22-10-6-9-15(22)16-20-11-14(21-16)12-7-4-5-8-13(12)19/h4-5,7-8,11,15H,6,9-10H2,1-3H3,(H,20,21). The van der Waals surface area contributed by atoms with E-state index in [0.29, 0.717) is 6.54 Å². The van der Waals surface area contributed by atoms with Crippen LogP contribution in [-0.4, -0.2) is 33.1 Å². The van der Waals surface area contributed by atoms with E-state index in [0.717, 1.165) is 34.4 Å². The molecule has 1 aromatic heterocycles. The van der Waals surface area contributed by atoms with Crippen LogP contribution in [0.3, 0.4) is 0 Å². The highest BCUT2D eigenvalue weighted by Crippen LogP contribution is 2.34. The quantitative estimate of drug-likeness (QED) is 0.790. The molecule has 6 heteroatoms. The third-order valence-electron chi connectivity index (χ3n) is 3.96. The largest absolute Gasteiger partial charge is 0.444 e. The van der Waals surface area contributed by atoms with Crippen molar-refractivity contribution in [3.63, 3.8) is 0 Å². The molecular formula is C18H22BrN3O2. The molecule has 1 aliphatic rings. The van der Waals surface area contributed by atoms with Gasteiger partial charge in [-0.25, -0.2) is 9.78 Å². The molecular weight excluding hydrogens is 370 g/mol. The van der Waals surface area contributed by atoms with E-state index in [1.807, 2.05) is 51.2 Å². The molecule has 1 N–H and O–H groups in total. The van der Waals surface area contributed by atoms with Crippen LogP contribution in [0.2, 0.25) is 0 Å². The maximum atomic E-state index is 12.4. The van der Waals surface area contributed by atoms with Crippen LogP contribution < -0.4 is 0 Å². The van der Waals surface area contributed by atoms with Gasteiger partial charge in [-0.3, -0.25) is 4.90 Å². The van der Waals surface area contributed by atoms with E-state index in [1.165, 1.54) is 0 Å². The molecule has 1 aliphatic heterocycles. The molecule has 1 aromatic carbocycles. The summed E-state index contributed by atoms with van der Waals surface area (Å²) in [7, 11) is 0. The van der Waals surface area contributed by atoms with Crippen molar-refractivity contribution < 1.29 is 9.53 Å². The first kappa shape index (κ1) is 17.0. The van der Waals surface area contributed by atoms with Gasteiger partial charge in [0.2, 0.25) is 0 Å². The average molecular weight is 392 g/mol. The van der Waals surface area contributed by atoms with Crippen LogP contribution in [-0.2, 0) is 4.74 Å². The van der Waals surface area contributed by atoms with Gasteiger partial charge in [0.25, 0.3) is 0 Å². The maximum Gasteiger partial charge on any atom is 0.410 e. The van der Waals surface area contributed by atoms with Crippen LogP contribution >= 0.6 is 15.9 Å². The Morgan fingerprint density at radius 3 is 2.83 bits per heavy atom. The van der Waals surface area contributed by atoms with Gasteiger partial charge in [-0.1, -0.05) is 34.1 Å². The Morgan fingerprint density at radius 2 is 2.12 bits per heavy atom. The second-order valence-corrected chi connectivity index (χ2v) is 7.85. The number of nitrogens with zero attached hydrogens (tertiary/aromatic N) is 2. The summed E-state index contributed by atoms with van der Waals surface area (Å²) in [5.74, 6) is 0.809. The zero-order valence-corrected chi connectivity index (χ0v) is 15.8. The lowest BCUT2D eigenvalue weighted by atomic mass is 10.2. The van der Waals surface area contributed by atoms with Crippen molar-refractivity contribution in [3.8, 4) is 11.3 Å². The smallest absolute Gasteiger partial charge is 0.410 e. The van der Waals surface area contributed by atoms with E-state index in [4.69, 9.17) is 4.74 Å². The molecule has 3 rings (SSSR count).